The first-order chi connectivity index (χ1) is 10.7. The van der Waals surface area contributed by atoms with Crippen LogP contribution in [0.5, 0.6) is 5.75 Å². The summed E-state index contributed by atoms with van der Waals surface area (Å²) in [7, 11) is 0. The maximum Gasteiger partial charge on any atom is 0.120 e. The average molecular weight is 360 g/mol. The largest absolute Gasteiger partial charge is 0.490 e. The van der Waals surface area contributed by atoms with E-state index in [4.69, 9.17) is 4.74 Å². The molecule has 0 aromatic heterocycles. The van der Waals surface area contributed by atoms with Crippen LogP contribution in [0.25, 0.3) is 0 Å². The van der Waals surface area contributed by atoms with Crippen molar-refractivity contribution < 1.29 is 4.74 Å². The predicted octanol–water partition coefficient (Wildman–Crippen LogP) is 4.74. The van der Waals surface area contributed by atoms with Crippen molar-refractivity contribution in [1.82, 2.24) is 4.90 Å². The molecule has 3 rings (SSSR count). The lowest BCUT2D eigenvalue weighted by atomic mass is 9.96. The molecule has 1 heterocycles. The summed E-state index contributed by atoms with van der Waals surface area (Å²) in [6.07, 6.45) is 1.39. The fraction of sp³-hybridized carbons (Fsp3) is 0.368. The Morgan fingerprint density at radius 1 is 1.14 bits per heavy atom. The van der Waals surface area contributed by atoms with Gasteiger partial charge in [-0.1, -0.05) is 59.3 Å². The molecule has 2 nitrogen and oxygen atoms in total. The van der Waals surface area contributed by atoms with Crippen LogP contribution in [0.15, 0.2) is 59.1 Å². The van der Waals surface area contributed by atoms with E-state index >= 15 is 0 Å². The fourth-order valence-electron chi connectivity index (χ4n) is 3.09. The van der Waals surface area contributed by atoms with Crippen LogP contribution >= 0.6 is 15.9 Å². The highest BCUT2D eigenvalue weighted by atomic mass is 79.9. The quantitative estimate of drug-likeness (QED) is 0.781. The highest BCUT2D eigenvalue weighted by Gasteiger charge is 2.27. The van der Waals surface area contributed by atoms with Crippen LogP contribution in [-0.2, 0) is 6.54 Å². The van der Waals surface area contributed by atoms with Crippen molar-refractivity contribution in [3.05, 3.63) is 64.6 Å². The molecule has 1 aliphatic heterocycles. The van der Waals surface area contributed by atoms with Gasteiger partial charge in [-0.25, -0.2) is 0 Å². The SMILES string of the molecule is C[C@@H]1CN(Cc2ccccc2)CC[C@H]1Oc1cccc(Br)c1. The topological polar surface area (TPSA) is 12.5 Å². The van der Waals surface area contributed by atoms with Crippen molar-refractivity contribution >= 4 is 15.9 Å². The van der Waals surface area contributed by atoms with Gasteiger partial charge >= 0.3 is 0 Å². The van der Waals surface area contributed by atoms with Gasteiger partial charge in [-0.2, -0.15) is 0 Å². The summed E-state index contributed by atoms with van der Waals surface area (Å²) in [4.78, 5) is 2.53. The molecule has 2 atom stereocenters. The molecule has 0 unspecified atom stereocenters. The summed E-state index contributed by atoms with van der Waals surface area (Å²) in [5.74, 6) is 1.50. The zero-order chi connectivity index (χ0) is 15.4. The van der Waals surface area contributed by atoms with Crippen molar-refractivity contribution in [2.24, 2.45) is 5.92 Å². The lowest BCUT2D eigenvalue weighted by Gasteiger charge is -2.37. The Balaban J connectivity index is 1.56. The standard InChI is InChI=1S/C19H22BrNO/c1-15-13-21(14-16-6-3-2-4-7-16)11-10-19(15)22-18-9-5-8-17(20)12-18/h2-9,12,15,19H,10-11,13-14H2,1H3/t15-,19-/m1/s1. The number of hydrogen-bond donors (Lipinski definition) is 0. The van der Waals surface area contributed by atoms with E-state index in [-0.39, 0.29) is 0 Å². The van der Waals surface area contributed by atoms with Crippen molar-refractivity contribution in [3.8, 4) is 5.75 Å². The number of piperidine rings is 1. The Morgan fingerprint density at radius 2 is 1.95 bits per heavy atom. The van der Waals surface area contributed by atoms with Crippen molar-refractivity contribution in [2.45, 2.75) is 26.0 Å². The number of rotatable bonds is 4. The van der Waals surface area contributed by atoms with Gasteiger partial charge in [-0.3, -0.25) is 4.90 Å². The van der Waals surface area contributed by atoms with Crippen LogP contribution in [0, 0.1) is 5.92 Å². The Hall–Kier alpha value is -1.32. The van der Waals surface area contributed by atoms with Gasteiger partial charge in [-0.05, 0) is 30.2 Å². The molecule has 1 fully saturated rings. The second-order valence-electron chi connectivity index (χ2n) is 6.10. The number of hydrogen-bond acceptors (Lipinski definition) is 2. The van der Waals surface area contributed by atoms with E-state index in [1.54, 1.807) is 0 Å². The Morgan fingerprint density at radius 3 is 2.68 bits per heavy atom. The smallest absolute Gasteiger partial charge is 0.120 e. The van der Waals surface area contributed by atoms with Gasteiger partial charge in [0.25, 0.3) is 0 Å². The molecular weight excluding hydrogens is 338 g/mol. The minimum atomic E-state index is 0.307. The summed E-state index contributed by atoms with van der Waals surface area (Å²) in [6, 6.07) is 18.8. The van der Waals surface area contributed by atoms with Gasteiger partial charge in [0, 0.05) is 30.0 Å². The zero-order valence-electron chi connectivity index (χ0n) is 12.9. The van der Waals surface area contributed by atoms with Gasteiger partial charge in [-0.15, -0.1) is 0 Å². The minimum absolute atomic E-state index is 0.307. The first-order valence-electron chi connectivity index (χ1n) is 7.89. The number of halogens is 1. The van der Waals surface area contributed by atoms with E-state index in [1.165, 1.54) is 5.56 Å². The summed E-state index contributed by atoms with van der Waals surface area (Å²) in [5, 5.41) is 0. The normalized spacial score (nSPS) is 22.5. The van der Waals surface area contributed by atoms with E-state index in [0.29, 0.717) is 12.0 Å². The molecule has 22 heavy (non-hydrogen) atoms. The number of ether oxygens (including phenoxy) is 1. The lowest BCUT2D eigenvalue weighted by molar-refractivity contribution is 0.0490. The molecule has 0 bridgehead atoms. The van der Waals surface area contributed by atoms with Crippen molar-refractivity contribution in [3.63, 3.8) is 0 Å². The minimum Gasteiger partial charge on any atom is -0.490 e. The van der Waals surface area contributed by atoms with E-state index < -0.39 is 0 Å². The number of likely N-dealkylation sites (tertiary alicyclic amines) is 1. The third-order valence-corrected chi connectivity index (χ3v) is 4.74. The monoisotopic (exact) mass is 359 g/mol. The van der Waals surface area contributed by atoms with Crippen LogP contribution in [0.3, 0.4) is 0 Å². The molecule has 1 saturated heterocycles. The van der Waals surface area contributed by atoms with Gasteiger partial charge in [0.1, 0.15) is 11.9 Å². The molecule has 0 spiro atoms. The summed E-state index contributed by atoms with van der Waals surface area (Å²) < 4.78 is 7.26. The zero-order valence-corrected chi connectivity index (χ0v) is 14.5. The third kappa shape index (κ3) is 4.11. The maximum absolute atomic E-state index is 6.19. The third-order valence-electron chi connectivity index (χ3n) is 4.24. The molecule has 1 aliphatic rings. The highest BCUT2D eigenvalue weighted by Crippen LogP contribution is 2.25. The molecular formula is C19H22BrNO. The van der Waals surface area contributed by atoms with E-state index in [9.17, 15) is 0 Å². The van der Waals surface area contributed by atoms with E-state index in [0.717, 1.165) is 36.3 Å². The van der Waals surface area contributed by atoms with Crippen LogP contribution in [0.2, 0.25) is 0 Å². The summed E-state index contributed by atoms with van der Waals surface area (Å²) in [5.41, 5.74) is 1.39. The molecule has 0 amide bonds. The van der Waals surface area contributed by atoms with Gasteiger partial charge < -0.3 is 4.74 Å². The van der Waals surface area contributed by atoms with Gasteiger partial charge in [0.15, 0.2) is 0 Å². The van der Waals surface area contributed by atoms with E-state index in [1.807, 2.05) is 24.3 Å². The molecule has 0 N–H and O–H groups in total. The van der Waals surface area contributed by atoms with E-state index in [2.05, 4.69) is 58.1 Å². The first kappa shape index (κ1) is 15.6. The molecule has 0 radical (unpaired) electrons. The molecule has 2 aromatic rings. The molecule has 0 aliphatic carbocycles. The number of nitrogens with zero attached hydrogens (tertiary/aromatic N) is 1. The maximum atomic E-state index is 6.19. The van der Waals surface area contributed by atoms with Crippen LogP contribution < -0.4 is 4.74 Å². The van der Waals surface area contributed by atoms with Gasteiger partial charge in [0.05, 0.1) is 0 Å². The van der Waals surface area contributed by atoms with Crippen molar-refractivity contribution in [2.75, 3.05) is 13.1 Å². The Kier molecular flexibility index (Phi) is 5.16. The predicted molar refractivity (Wildman–Crippen MR) is 94.1 cm³/mol. The summed E-state index contributed by atoms with van der Waals surface area (Å²) in [6.45, 7) is 5.51. The molecule has 3 heteroatoms. The molecule has 2 aromatic carbocycles. The fourth-order valence-corrected chi connectivity index (χ4v) is 3.46. The van der Waals surface area contributed by atoms with Crippen LogP contribution in [0.1, 0.15) is 18.9 Å². The second kappa shape index (κ2) is 7.30. The second-order valence-corrected chi connectivity index (χ2v) is 7.02. The van der Waals surface area contributed by atoms with Crippen LogP contribution in [0.4, 0.5) is 0 Å². The Labute approximate surface area is 141 Å². The highest BCUT2D eigenvalue weighted by molar-refractivity contribution is 9.10. The Bertz CT molecular complexity index is 601. The van der Waals surface area contributed by atoms with Crippen molar-refractivity contribution in [1.29, 1.82) is 0 Å². The molecule has 0 saturated carbocycles. The first-order valence-corrected chi connectivity index (χ1v) is 8.68. The number of benzene rings is 2. The van der Waals surface area contributed by atoms with Gasteiger partial charge in [0.2, 0.25) is 0 Å². The average Bonchev–Trinajstić information content (AvgIpc) is 2.51. The summed E-state index contributed by atoms with van der Waals surface area (Å²) >= 11 is 3.50. The molecule has 116 valence electrons. The lowest BCUT2D eigenvalue weighted by Crippen LogP contribution is -2.43. The van der Waals surface area contributed by atoms with Crippen LogP contribution in [-0.4, -0.2) is 24.1 Å².